The summed E-state index contributed by atoms with van der Waals surface area (Å²) in [6.07, 6.45) is 2.56. The van der Waals surface area contributed by atoms with Crippen molar-refractivity contribution >= 4 is 23.3 Å². The molecule has 1 N–H and O–H groups in total. The molecule has 1 aliphatic carbocycles. The summed E-state index contributed by atoms with van der Waals surface area (Å²) in [6, 6.07) is 10.2. The summed E-state index contributed by atoms with van der Waals surface area (Å²) < 4.78 is 5.06. The Bertz CT molecular complexity index is 1150. The number of rotatable bonds is 7. The third kappa shape index (κ3) is 5.30. The molecule has 2 heterocycles. The Hall–Kier alpha value is -3.44. The van der Waals surface area contributed by atoms with Crippen molar-refractivity contribution in [3.05, 3.63) is 41.1 Å². The summed E-state index contributed by atoms with van der Waals surface area (Å²) in [6.45, 7) is 7.82. The number of carbonyl (C=O) groups excluding carboxylic acids is 2. The molecule has 2 fully saturated rings. The number of nitriles is 1. The van der Waals surface area contributed by atoms with E-state index in [1.807, 2.05) is 43.0 Å². The molecule has 0 radical (unpaired) electrons. The fourth-order valence-corrected chi connectivity index (χ4v) is 4.87. The molecule has 2 aliphatic rings. The molecule has 1 aromatic heterocycles. The van der Waals surface area contributed by atoms with E-state index in [1.165, 1.54) is 6.92 Å². The first-order valence-electron chi connectivity index (χ1n) is 12.2. The topological polar surface area (TPSA) is 98.6 Å². The minimum atomic E-state index is -0.111. The van der Waals surface area contributed by atoms with Gasteiger partial charge in [0.05, 0.1) is 24.3 Å². The van der Waals surface area contributed by atoms with Gasteiger partial charge in [0.2, 0.25) is 11.8 Å². The van der Waals surface area contributed by atoms with Crippen LogP contribution in [-0.4, -0.2) is 61.1 Å². The van der Waals surface area contributed by atoms with Gasteiger partial charge in [-0.25, -0.2) is 4.98 Å². The van der Waals surface area contributed by atoms with Crippen LogP contribution in [-0.2, 0) is 14.3 Å². The van der Waals surface area contributed by atoms with Crippen LogP contribution in [0, 0.1) is 18.3 Å². The number of nitrogens with one attached hydrogen (secondary N) is 1. The number of hydrogen-bond acceptors (Lipinski definition) is 6. The Labute approximate surface area is 206 Å². The molecular weight excluding hydrogens is 442 g/mol. The molecule has 0 unspecified atom stereocenters. The molecule has 4 rings (SSSR count). The van der Waals surface area contributed by atoms with Crippen LogP contribution in [0.3, 0.4) is 0 Å². The van der Waals surface area contributed by atoms with Crippen LogP contribution >= 0.6 is 0 Å². The Balaban J connectivity index is 1.66. The zero-order valence-electron chi connectivity index (χ0n) is 20.9. The molecule has 8 nitrogen and oxygen atoms in total. The molecule has 1 saturated carbocycles. The van der Waals surface area contributed by atoms with Gasteiger partial charge in [-0.1, -0.05) is 12.1 Å². The molecule has 1 aliphatic heterocycles. The maximum absolute atomic E-state index is 12.6. The number of ether oxygens (including phenoxy) is 1. The average Bonchev–Trinajstić information content (AvgIpc) is 3.67. The van der Waals surface area contributed by atoms with Crippen LogP contribution in [0.5, 0.6) is 0 Å². The Morgan fingerprint density at radius 2 is 1.94 bits per heavy atom. The normalized spacial score (nSPS) is 17.7. The number of benzene rings is 1. The van der Waals surface area contributed by atoms with Gasteiger partial charge in [-0.15, -0.1) is 0 Å². The number of nitrogens with zero attached hydrogens (tertiary/aromatic N) is 4. The lowest BCUT2D eigenvalue weighted by Gasteiger charge is -2.41. The highest BCUT2D eigenvalue weighted by Gasteiger charge is 2.34. The minimum absolute atomic E-state index is 0.0205. The van der Waals surface area contributed by atoms with Crippen LogP contribution in [0.4, 0.5) is 11.5 Å². The predicted molar refractivity (Wildman–Crippen MR) is 135 cm³/mol. The van der Waals surface area contributed by atoms with Crippen LogP contribution in [0.2, 0.25) is 0 Å². The first-order valence-corrected chi connectivity index (χ1v) is 12.2. The first-order chi connectivity index (χ1) is 16.8. The third-order valence-electron chi connectivity index (χ3n) is 6.79. The van der Waals surface area contributed by atoms with Gasteiger partial charge in [-0.05, 0) is 49.9 Å². The molecule has 1 saturated heterocycles. The summed E-state index contributed by atoms with van der Waals surface area (Å²) in [5, 5.41) is 13.0. The highest BCUT2D eigenvalue weighted by molar-refractivity contribution is 5.89. The van der Waals surface area contributed by atoms with E-state index in [0.29, 0.717) is 44.1 Å². The van der Waals surface area contributed by atoms with Gasteiger partial charge in [0, 0.05) is 56.9 Å². The summed E-state index contributed by atoms with van der Waals surface area (Å²) >= 11 is 0. The van der Waals surface area contributed by atoms with Crippen LogP contribution < -0.4 is 10.2 Å². The fraction of sp³-hybridized carbons (Fsp3) is 0.481. The number of piperazine rings is 1. The molecule has 0 spiro atoms. The lowest BCUT2D eigenvalue weighted by molar-refractivity contribution is -0.134. The van der Waals surface area contributed by atoms with E-state index in [-0.39, 0.29) is 17.9 Å². The molecule has 1 atom stereocenters. The van der Waals surface area contributed by atoms with E-state index in [0.717, 1.165) is 46.7 Å². The number of pyridine rings is 1. The van der Waals surface area contributed by atoms with E-state index in [4.69, 9.17) is 9.72 Å². The second-order valence-corrected chi connectivity index (χ2v) is 9.47. The van der Waals surface area contributed by atoms with Gasteiger partial charge < -0.3 is 19.9 Å². The van der Waals surface area contributed by atoms with Crippen LogP contribution in [0.15, 0.2) is 24.3 Å². The quantitative estimate of drug-likeness (QED) is 0.653. The first kappa shape index (κ1) is 24.7. The van der Waals surface area contributed by atoms with Crippen LogP contribution in [0.1, 0.15) is 55.8 Å². The molecule has 2 aromatic rings. The van der Waals surface area contributed by atoms with Crippen molar-refractivity contribution in [3.8, 4) is 17.2 Å². The molecule has 2 amide bonds. The van der Waals surface area contributed by atoms with E-state index >= 15 is 0 Å². The maximum Gasteiger partial charge on any atom is 0.225 e. The van der Waals surface area contributed by atoms with E-state index in [9.17, 15) is 14.9 Å². The maximum atomic E-state index is 12.6. The third-order valence-corrected chi connectivity index (χ3v) is 6.79. The molecule has 184 valence electrons. The lowest BCUT2D eigenvalue weighted by atomic mass is 9.93. The summed E-state index contributed by atoms with van der Waals surface area (Å²) in [4.78, 5) is 33.1. The molecular formula is C27H33N5O3. The molecule has 0 bridgehead atoms. The monoisotopic (exact) mass is 475 g/mol. The number of anilines is 2. The molecule has 8 heteroatoms. The highest BCUT2D eigenvalue weighted by Crippen LogP contribution is 2.46. The largest absolute Gasteiger partial charge is 0.384 e. The Kier molecular flexibility index (Phi) is 7.37. The standard InChI is InChI=1S/C27H33N5O3/c1-17-16-31(12-13-32(17)24(34)11-14-35-4)27-23(15-28)18(2)25(26(30-27)21-5-6-21)20-7-9-22(10-8-20)29-19(3)33/h7-10,17,21H,5-6,11-14,16H2,1-4H3,(H,29,33)/t17-/m1/s1. The second-order valence-electron chi connectivity index (χ2n) is 9.47. The van der Waals surface area contributed by atoms with E-state index in [1.54, 1.807) is 7.11 Å². The minimum Gasteiger partial charge on any atom is -0.384 e. The van der Waals surface area contributed by atoms with Gasteiger partial charge in [-0.2, -0.15) is 5.26 Å². The number of amides is 2. The smallest absolute Gasteiger partial charge is 0.225 e. The predicted octanol–water partition coefficient (Wildman–Crippen LogP) is 3.84. The fourth-order valence-electron chi connectivity index (χ4n) is 4.87. The Morgan fingerprint density at radius 3 is 2.51 bits per heavy atom. The van der Waals surface area contributed by atoms with Gasteiger partial charge >= 0.3 is 0 Å². The Morgan fingerprint density at radius 1 is 1.23 bits per heavy atom. The zero-order chi connectivity index (χ0) is 25.1. The van der Waals surface area contributed by atoms with E-state index < -0.39 is 0 Å². The van der Waals surface area contributed by atoms with Gasteiger partial charge in [0.25, 0.3) is 0 Å². The number of methoxy groups -OCH3 is 1. The average molecular weight is 476 g/mol. The second kappa shape index (κ2) is 10.4. The van der Waals surface area contributed by atoms with Gasteiger partial charge in [0.1, 0.15) is 11.9 Å². The number of hydrogen-bond donors (Lipinski definition) is 1. The van der Waals surface area contributed by atoms with Crippen molar-refractivity contribution in [1.29, 1.82) is 5.26 Å². The van der Waals surface area contributed by atoms with Gasteiger partial charge in [-0.3, -0.25) is 9.59 Å². The van der Waals surface area contributed by atoms with E-state index in [2.05, 4.69) is 16.3 Å². The lowest BCUT2D eigenvalue weighted by Crippen LogP contribution is -2.54. The van der Waals surface area contributed by atoms with Crippen molar-refractivity contribution in [2.45, 2.75) is 52.0 Å². The summed E-state index contributed by atoms with van der Waals surface area (Å²) in [5.74, 6) is 1.10. The van der Waals surface area contributed by atoms with Crippen LogP contribution in [0.25, 0.3) is 11.1 Å². The van der Waals surface area contributed by atoms with Crippen molar-refractivity contribution in [2.75, 3.05) is 43.6 Å². The van der Waals surface area contributed by atoms with Gasteiger partial charge in [0.15, 0.2) is 0 Å². The van der Waals surface area contributed by atoms with Crippen molar-refractivity contribution < 1.29 is 14.3 Å². The van der Waals surface area contributed by atoms with Crippen molar-refractivity contribution in [3.63, 3.8) is 0 Å². The van der Waals surface area contributed by atoms with Crippen molar-refractivity contribution in [1.82, 2.24) is 9.88 Å². The number of aromatic nitrogens is 1. The summed E-state index contributed by atoms with van der Waals surface area (Å²) in [7, 11) is 1.60. The SMILES string of the molecule is COCCC(=O)N1CCN(c2nc(C3CC3)c(-c3ccc(NC(C)=O)cc3)c(C)c2C#N)C[C@H]1C. The molecule has 35 heavy (non-hydrogen) atoms. The zero-order valence-corrected chi connectivity index (χ0v) is 20.9. The number of carbonyl (C=O) groups is 2. The summed E-state index contributed by atoms with van der Waals surface area (Å²) in [5.41, 5.74) is 5.30. The van der Waals surface area contributed by atoms with Crippen molar-refractivity contribution in [2.24, 2.45) is 0 Å². The molecule has 1 aromatic carbocycles. The highest BCUT2D eigenvalue weighted by atomic mass is 16.5.